The van der Waals surface area contributed by atoms with Crippen molar-refractivity contribution in [3.05, 3.63) is 60.0 Å². The Morgan fingerprint density at radius 1 is 1.14 bits per heavy atom. The van der Waals surface area contributed by atoms with Gasteiger partial charge in [-0.1, -0.05) is 29.4 Å². The number of para-hydroxylation sites is 1. The highest BCUT2D eigenvalue weighted by Gasteiger charge is 2.35. The van der Waals surface area contributed by atoms with Crippen LogP contribution in [-0.4, -0.2) is 48.3 Å². The number of hydrogen-bond acceptors (Lipinski definition) is 6. The number of likely N-dealkylation sites (tertiary alicyclic amines) is 1. The fourth-order valence-corrected chi connectivity index (χ4v) is 3.25. The number of methoxy groups -OCH3 is 2. The molecule has 0 spiro atoms. The van der Waals surface area contributed by atoms with E-state index in [1.165, 1.54) is 0 Å². The van der Waals surface area contributed by atoms with Crippen molar-refractivity contribution in [2.24, 2.45) is 0 Å². The first-order chi connectivity index (χ1) is 13.7. The molecule has 2 heterocycles. The predicted octanol–water partition coefficient (Wildman–Crippen LogP) is 2.92. The number of aromatic nitrogens is 2. The van der Waals surface area contributed by atoms with Crippen LogP contribution in [0.4, 0.5) is 0 Å². The molecule has 0 bridgehead atoms. The topological polar surface area (TPSA) is 77.7 Å². The van der Waals surface area contributed by atoms with Crippen LogP contribution in [0.15, 0.2) is 53.1 Å². The van der Waals surface area contributed by atoms with E-state index in [9.17, 15) is 4.79 Å². The molecule has 1 aliphatic heterocycles. The van der Waals surface area contributed by atoms with E-state index in [0.29, 0.717) is 37.0 Å². The van der Waals surface area contributed by atoms with Gasteiger partial charge < -0.3 is 18.9 Å². The molecular weight excluding hydrogens is 358 g/mol. The molecule has 7 nitrogen and oxygen atoms in total. The molecule has 1 saturated heterocycles. The molecular formula is C21H21N3O4. The lowest BCUT2D eigenvalue weighted by molar-refractivity contribution is -0.135. The second kappa shape index (κ2) is 7.72. The minimum absolute atomic E-state index is 0.0604. The van der Waals surface area contributed by atoms with Crippen molar-refractivity contribution in [2.45, 2.75) is 12.3 Å². The Hall–Kier alpha value is -3.35. The van der Waals surface area contributed by atoms with Gasteiger partial charge in [0.1, 0.15) is 11.5 Å². The van der Waals surface area contributed by atoms with Crippen molar-refractivity contribution in [3.63, 3.8) is 0 Å². The number of amides is 1. The zero-order chi connectivity index (χ0) is 19.5. The summed E-state index contributed by atoms with van der Waals surface area (Å²) in [5.74, 6) is 2.62. The van der Waals surface area contributed by atoms with Crippen LogP contribution in [0.1, 0.15) is 17.4 Å². The Bertz CT molecular complexity index is 979. The third-order valence-electron chi connectivity index (χ3n) is 4.86. The van der Waals surface area contributed by atoms with Crippen LogP contribution < -0.4 is 9.47 Å². The second-order valence-corrected chi connectivity index (χ2v) is 6.68. The maximum atomic E-state index is 12.5. The average Bonchev–Trinajstić information content (AvgIpc) is 3.16. The lowest BCUT2D eigenvalue weighted by atomic mass is 9.98. The lowest BCUT2D eigenvalue weighted by Gasteiger charge is -2.37. The number of benzene rings is 2. The molecule has 0 saturated carbocycles. The highest BCUT2D eigenvalue weighted by Crippen LogP contribution is 2.31. The average molecular weight is 379 g/mol. The second-order valence-electron chi connectivity index (χ2n) is 6.68. The molecule has 4 rings (SSSR count). The van der Waals surface area contributed by atoms with Gasteiger partial charge in [-0.15, -0.1) is 0 Å². The minimum Gasteiger partial charge on any atom is -0.497 e. The van der Waals surface area contributed by atoms with Crippen LogP contribution in [0.5, 0.6) is 11.5 Å². The van der Waals surface area contributed by atoms with E-state index in [0.717, 1.165) is 16.9 Å². The monoisotopic (exact) mass is 379 g/mol. The fourth-order valence-electron chi connectivity index (χ4n) is 3.25. The smallest absolute Gasteiger partial charge is 0.233 e. The number of carbonyl (C=O) groups is 1. The van der Waals surface area contributed by atoms with E-state index in [2.05, 4.69) is 10.1 Å². The Kier molecular flexibility index (Phi) is 4.97. The zero-order valence-corrected chi connectivity index (χ0v) is 15.8. The summed E-state index contributed by atoms with van der Waals surface area (Å²) >= 11 is 0. The Morgan fingerprint density at radius 3 is 2.75 bits per heavy atom. The molecule has 3 aromatic rings. The van der Waals surface area contributed by atoms with E-state index < -0.39 is 0 Å². The van der Waals surface area contributed by atoms with E-state index in [1.807, 2.05) is 48.5 Å². The normalized spacial score (nSPS) is 13.9. The molecule has 0 unspecified atom stereocenters. The summed E-state index contributed by atoms with van der Waals surface area (Å²) < 4.78 is 16.0. The molecule has 0 N–H and O–H groups in total. The van der Waals surface area contributed by atoms with E-state index in [-0.39, 0.29) is 11.8 Å². The van der Waals surface area contributed by atoms with Gasteiger partial charge in [-0.05, 0) is 29.8 Å². The Balaban J connectivity index is 1.37. The molecule has 0 aliphatic carbocycles. The van der Waals surface area contributed by atoms with Gasteiger partial charge in [-0.2, -0.15) is 4.98 Å². The summed E-state index contributed by atoms with van der Waals surface area (Å²) in [5.41, 5.74) is 1.72. The third kappa shape index (κ3) is 3.55. The molecule has 1 aliphatic rings. The molecule has 0 radical (unpaired) electrons. The molecule has 28 heavy (non-hydrogen) atoms. The number of ether oxygens (including phenoxy) is 2. The Morgan fingerprint density at radius 2 is 1.96 bits per heavy atom. The first-order valence-corrected chi connectivity index (χ1v) is 9.05. The van der Waals surface area contributed by atoms with Crippen LogP contribution in [0.25, 0.3) is 11.4 Å². The summed E-state index contributed by atoms with van der Waals surface area (Å²) in [7, 11) is 3.22. The van der Waals surface area contributed by atoms with Crippen LogP contribution in [-0.2, 0) is 11.2 Å². The van der Waals surface area contributed by atoms with Crippen molar-refractivity contribution < 1.29 is 18.8 Å². The maximum Gasteiger partial charge on any atom is 0.233 e. The summed E-state index contributed by atoms with van der Waals surface area (Å²) in [6, 6.07) is 15.1. The van der Waals surface area contributed by atoms with Gasteiger partial charge in [0.15, 0.2) is 0 Å². The highest BCUT2D eigenvalue weighted by molar-refractivity contribution is 5.80. The van der Waals surface area contributed by atoms with Crippen molar-refractivity contribution in [1.29, 1.82) is 0 Å². The van der Waals surface area contributed by atoms with Gasteiger partial charge in [0.2, 0.25) is 17.6 Å². The van der Waals surface area contributed by atoms with Gasteiger partial charge in [0.25, 0.3) is 0 Å². The van der Waals surface area contributed by atoms with Crippen molar-refractivity contribution in [2.75, 3.05) is 27.3 Å². The first kappa shape index (κ1) is 18.0. The molecule has 1 fully saturated rings. The van der Waals surface area contributed by atoms with Gasteiger partial charge in [-0.25, -0.2) is 0 Å². The van der Waals surface area contributed by atoms with Crippen molar-refractivity contribution in [3.8, 4) is 22.9 Å². The standard InChI is InChI=1S/C21H21N3O4/c1-26-16-7-5-6-14(10-16)11-19(25)24-12-15(13-24)21-22-20(23-28-21)17-8-3-4-9-18(17)27-2/h3-10,15H,11-13H2,1-2H3. The summed E-state index contributed by atoms with van der Waals surface area (Å²) in [6.07, 6.45) is 0.347. The zero-order valence-electron chi connectivity index (χ0n) is 15.8. The van der Waals surface area contributed by atoms with Crippen LogP contribution in [0.3, 0.4) is 0 Å². The number of hydrogen-bond donors (Lipinski definition) is 0. The van der Waals surface area contributed by atoms with Gasteiger partial charge in [0.05, 0.1) is 32.1 Å². The molecule has 144 valence electrons. The van der Waals surface area contributed by atoms with Crippen molar-refractivity contribution in [1.82, 2.24) is 15.0 Å². The van der Waals surface area contributed by atoms with E-state index >= 15 is 0 Å². The third-order valence-corrected chi connectivity index (χ3v) is 4.86. The fraction of sp³-hybridized carbons (Fsp3) is 0.286. The lowest BCUT2D eigenvalue weighted by Crippen LogP contribution is -2.49. The van der Waals surface area contributed by atoms with Crippen LogP contribution in [0, 0.1) is 0 Å². The van der Waals surface area contributed by atoms with Gasteiger partial charge in [0, 0.05) is 13.1 Å². The number of nitrogens with zero attached hydrogens (tertiary/aromatic N) is 3. The van der Waals surface area contributed by atoms with Gasteiger partial charge >= 0.3 is 0 Å². The predicted molar refractivity (Wildman–Crippen MR) is 102 cm³/mol. The van der Waals surface area contributed by atoms with E-state index in [1.54, 1.807) is 19.1 Å². The van der Waals surface area contributed by atoms with Crippen LogP contribution >= 0.6 is 0 Å². The highest BCUT2D eigenvalue weighted by atomic mass is 16.5. The molecule has 7 heteroatoms. The first-order valence-electron chi connectivity index (χ1n) is 9.05. The molecule has 0 atom stereocenters. The Labute approximate surface area is 162 Å². The summed E-state index contributed by atoms with van der Waals surface area (Å²) in [4.78, 5) is 18.8. The quantitative estimate of drug-likeness (QED) is 0.655. The van der Waals surface area contributed by atoms with Crippen LogP contribution in [0.2, 0.25) is 0 Å². The summed E-state index contributed by atoms with van der Waals surface area (Å²) in [6.45, 7) is 1.16. The molecule has 1 aromatic heterocycles. The van der Waals surface area contributed by atoms with E-state index in [4.69, 9.17) is 14.0 Å². The van der Waals surface area contributed by atoms with Crippen molar-refractivity contribution >= 4 is 5.91 Å². The molecule has 2 aromatic carbocycles. The SMILES string of the molecule is COc1cccc(CC(=O)N2CC(c3nc(-c4ccccc4OC)no3)C2)c1. The number of carbonyl (C=O) groups excluding carboxylic acids is 1. The largest absolute Gasteiger partial charge is 0.497 e. The minimum atomic E-state index is 0.0604. The molecule has 1 amide bonds. The summed E-state index contributed by atoms with van der Waals surface area (Å²) in [5, 5.41) is 4.07. The van der Waals surface area contributed by atoms with Gasteiger partial charge in [-0.3, -0.25) is 4.79 Å². The maximum absolute atomic E-state index is 12.5. The number of rotatable bonds is 6.